The number of rotatable bonds is 0. The molecule has 0 amide bonds. The van der Waals surface area contributed by atoms with E-state index < -0.39 is 0 Å². The number of aryl methyl sites for hydroxylation is 1. The lowest BCUT2D eigenvalue weighted by molar-refractivity contribution is 1.26. The van der Waals surface area contributed by atoms with E-state index in [1.165, 1.54) is 16.2 Å². The summed E-state index contributed by atoms with van der Waals surface area (Å²) in [7, 11) is 0. The van der Waals surface area contributed by atoms with Gasteiger partial charge in [0, 0.05) is 16.0 Å². The van der Waals surface area contributed by atoms with Crippen LogP contribution in [0.2, 0.25) is 0 Å². The zero-order valence-corrected chi connectivity index (χ0v) is 9.83. The number of hydrogen-bond donors (Lipinski definition) is 1. The molecule has 0 radical (unpaired) electrons. The highest BCUT2D eigenvalue weighted by Crippen LogP contribution is 2.26. The number of fused-ring (bicyclic) bond motifs is 3. The number of hydrogen-bond acceptors (Lipinski definition) is 2. The largest absolute Gasteiger partial charge is 0.253 e. The van der Waals surface area contributed by atoms with Crippen LogP contribution in [0.3, 0.4) is 0 Å². The normalized spacial score (nSPS) is 11.1. The summed E-state index contributed by atoms with van der Waals surface area (Å²) in [5.41, 5.74) is 2.11. The van der Waals surface area contributed by atoms with Gasteiger partial charge in [-0.25, -0.2) is 0 Å². The molecule has 1 nitrogen and oxygen atoms in total. The van der Waals surface area contributed by atoms with E-state index in [4.69, 9.17) is 0 Å². The predicted octanol–water partition coefficient (Wildman–Crippen LogP) is 3.99. The Morgan fingerprint density at radius 2 is 1.75 bits per heavy atom. The first-order valence-electron chi connectivity index (χ1n) is 5.23. The van der Waals surface area contributed by atoms with E-state index in [2.05, 4.69) is 54.0 Å². The zero-order chi connectivity index (χ0) is 11.1. The molecular weight excluding hydrogens is 214 g/mol. The molecule has 0 N–H and O–H groups in total. The van der Waals surface area contributed by atoms with Gasteiger partial charge in [0.05, 0.1) is 5.52 Å². The Hall–Kier alpha value is -1.54. The van der Waals surface area contributed by atoms with Gasteiger partial charge in [-0.1, -0.05) is 18.2 Å². The van der Waals surface area contributed by atoms with Crippen LogP contribution in [-0.4, -0.2) is 4.98 Å². The quantitative estimate of drug-likeness (QED) is 0.451. The van der Waals surface area contributed by atoms with Crippen molar-refractivity contribution in [3.63, 3.8) is 0 Å². The highest BCUT2D eigenvalue weighted by Gasteiger charge is 2.01. The van der Waals surface area contributed by atoms with Gasteiger partial charge in [0.15, 0.2) is 0 Å². The standard InChI is InChI=1S/C14H11NS/c1-9-2-5-13-12-6-4-11(16)8-10(12)3-7-14(13)15-9/h2-8,16H,1H3. The highest BCUT2D eigenvalue weighted by atomic mass is 32.1. The molecule has 1 aromatic heterocycles. The van der Waals surface area contributed by atoms with Crippen LogP contribution < -0.4 is 0 Å². The Kier molecular flexibility index (Phi) is 2.11. The minimum Gasteiger partial charge on any atom is -0.253 e. The molecule has 0 bridgehead atoms. The van der Waals surface area contributed by atoms with Crippen LogP contribution in [0, 0.1) is 6.92 Å². The van der Waals surface area contributed by atoms with Crippen molar-refractivity contribution in [2.24, 2.45) is 0 Å². The Bertz CT molecular complexity index is 628. The van der Waals surface area contributed by atoms with Crippen molar-refractivity contribution in [3.05, 3.63) is 48.2 Å². The van der Waals surface area contributed by atoms with Crippen LogP contribution in [0.25, 0.3) is 21.7 Å². The van der Waals surface area contributed by atoms with E-state index in [1.54, 1.807) is 0 Å². The van der Waals surface area contributed by atoms with Gasteiger partial charge in [0.1, 0.15) is 0 Å². The van der Waals surface area contributed by atoms with Gasteiger partial charge in [-0.2, -0.15) is 0 Å². The first-order valence-corrected chi connectivity index (χ1v) is 5.68. The number of pyridine rings is 1. The second-order valence-corrected chi connectivity index (χ2v) is 4.51. The highest BCUT2D eigenvalue weighted by molar-refractivity contribution is 7.80. The number of thiol groups is 1. The summed E-state index contributed by atoms with van der Waals surface area (Å²) < 4.78 is 0. The van der Waals surface area contributed by atoms with Gasteiger partial charge in [0.25, 0.3) is 0 Å². The molecule has 0 aliphatic heterocycles. The molecule has 0 fully saturated rings. The Labute approximate surface area is 99.5 Å². The van der Waals surface area contributed by atoms with Crippen molar-refractivity contribution >= 4 is 34.3 Å². The van der Waals surface area contributed by atoms with E-state index in [0.29, 0.717) is 0 Å². The molecule has 2 heteroatoms. The van der Waals surface area contributed by atoms with Crippen molar-refractivity contribution in [2.75, 3.05) is 0 Å². The Balaban J connectivity index is 2.50. The lowest BCUT2D eigenvalue weighted by Crippen LogP contribution is -1.84. The first-order chi connectivity index (χ1) is 7.74. The molecular formula is C14H11NS. The second-order valence-electron chi connectivity index (χ2n) is 3.99. The average Bonchev–Trinajstić information content (AvgIpc) is 2.28. The van der Waals surface area contributed by atoms with E-state index in [0.717, 1.165) is 16.1 Å². The summed E-state index contributed by atoms with van der Waals surface area (Å²) in [6.07, 6.45) is 0. The molecule has 3 rings (SSSR count). The van der Waals surface area contributed by atoms with Crippen LogP contribution in [0.4, 0.5) is 0 Å². The summed E-state index contributed by atoms with van der Waals surface area (Å²) in [6, 6.07) is 14.6. The lowest BCUT2D eigenvalue weighted by Gasteiger charge is -2.04. The minimum atomic E-state index is 0.993. The van der Waals surface area contributed by atoms with E-state index in [1.807, 2.05) is 13.0 Å². The van der Waals surface area contributed by atoms with E-state index in [-0.39, 0.29) is 0 Å². The molecule has 1 heterocycles. The molecule has 0 atom stereocenters. The SMILES string of the molecule is Cc1ccc2c(ccc3cc(S)ccc32)n1. The first kappa shape index (κ1) is 9.67. The summed E-state index contributed by atoms with van der Waals surface area (Å²) in [5.74, 6) is 0. The van der Waals surface area contributed by atoms with Crippen molar-refractivity contribution in [1.29, 1.82) is 0 Å². The van der Waals surface area contributed by atoms with Crippen molar-refractivity contribution in [3.8, 4) is 0 Å². The maximum absolute atomic E-state index is 4.53. The summed E-state index contributed by atoms with van der Waals surface area (Å²) >= 11 is 4.36. The predicted molar refractivity (Wildman–Crippen MR) is 71.2 cm³/mol. The lowest BCUT2D eigenvalue weighted by atomic mass is 10.1. The maximum Gasteiger partial charge on any atom is 0.0711 e. The van der Waals surface area contributed by atoms with Gasteiger partial charge < -0.3 is 0 Å². The zero-order valence-electron chi connectivity index (χ0n) is 8.94. The fraction of sp³-hybridized carbons (Fsp3) is 0.0714. The fourth-order valence-corrected chi connectivity index (χ4v) is 2.25. The molecule has 0 aliphatic carbocycles. The number of nitrogens with zero attached hydrogens (tertiary/aromatic N) is 1. The third-order valence-corrected chi connectivity index (χ3v) is 3.09. The molecule has 3 aromatic rings. The monoisotopic (exact) mass is 225 g/mol. The third-order valence-electron chi connectivity index (χ3n) is 2.81. The van der Waals surface area contributed by atoms with Gasteiger partial charge in [-0.05, 0) is 42.0 Å². The van der Waals surface area contributed by atoms with Crippen molar-refractivity contribution < 1.29 is 0 Å². The Morgan fingerprint density at radius 1 is 0.938 bits per heavy atom. The van der Waals surface area contributed by atoms with Gasteiger partial charge in [-0.3, -0.25) is 4.98 Å². The molecule has 78 valence electrons. The van der Waals surface area contributed by atoms with E-state index in [9.17, 15) is 0 Å². The van der Waals surface area contributed by atoms with E-state index >= 15 is 0 Å². The molecule has 16 heavy (non-hydrogen) atoms. The average molecular weight is 225 g/mol. The van der Waals surface area contributed by atoms with Crippen LogP contribution >= 0.6 is 12.6 Å². The summed E-state index contributed by atoms with van der Waals surface area (Å²) in [6.45, 7) is 2.01. The number of aromatic nitrogens is 1. The van der Waals surface area contributed by atoms with Crippen molar-refractivity contribution in [1.82, 2.24) is 4.98 Å². The molecule has 0 saturated heterocycles. The second kappa shape index (κ2) is 3.49. The molecule has 0 spiro atoms. The van der Waals surface area contributed by atoms with Crippen LogP contribution in [0.15, 0.2) is 47.4 Å². The Morgan fingerprint density at radius 3 is 2.62 bits per heavy atom. The number of benzene rings is 2. The van der Waals surface area contributed by atoms with Gasteiger partial charge in [-0.15, -0.1) is 12.6 Å². The summed E-state index contributed by atoms with van der Waals surface area (Å²) in [4.78, 5) is 5.52. The third kappa shape index (κ3) is 1.46. The molecule has 0 saturated carbocycles. The smallest absolute Gasteiger partial charge is 0.0711 e. The maximum atomic E-state index is 4.53. The topological polar surface area (TPSA) is 12.9 Å². The van der Waals surface area contributed by atoms with Gasteiger partial charge in [0.2, 0.25) is 0 Å². The van der Waals surface area contributed by atoms with Crippen LogP contribution in [0.1, 0.15) is 5.69 Å². The molecule has 0 unspecified atom stereocenters. The fourth-order valence-electron chi connectivity index (χ4n) is 2.03. The van der Waals surface area contributed by atoms with Gasteiger partial charge >= 0.3 is 0 Å². The molecule has 0 aliphatic rings. The van der Waals surface area contributed by atoms with Crippen molar-refractivity contribution in [2.45, 2.75) is 11.8 Å². The van der Waals surface area contributed by atoms with Crippen LogP contribution in [0.5, 0.6) is 0 Å². The molecule has 2 aromatic carbocycles. The summed E-state index contributed by atoms with van der Waals surface area (Å²) in [5, 5.41) is 3.66. The van der Waals surface area contributed by atoms with Crippen LogP contribution in [-0.2, 0) is 0 Å². The minimum absolute atomic E-state index is 0.993.